The molecule has 1 aromatic heterocycles. The number of rotatable bonds is 8. The van der Waals surface area contributed by atoms with Gasteiger partial charge in [0, 0.05) is 13.1 Å². The summed E-state index contributed by atoms with van der Waals surface area (Å²) >= 11 is 1.29. The number of hydrogen-bond acceptors (Lipinski definition) is 8. The molecule has 4 rings (SSSR count). The Morgan fingerprint density at radius 1 is 1.23 bits per heavy atom. The number of benzene rings is 2. The molecule has 1 saturated heterocycles. The Morgan fingerprint density at radius 3 is 2.69 bits per heavy atom. The molecule has 2 aromatic carbocycles. The molecule has 9 nitrogen and oxygen atoms in total. The van der Waals surface area contributed by atoms with E-state index in [0.29, 0.717) is 22.6 Å². The third-order valence-corrected chi connectivity index (χ3v) is 8.27. The summed E-state index contributed by atoms with van der Waals surface area (Å²) in [6, 6.07) is 12.3. The zero-order chi connectivity index (χ0) is 25.2. The van der Waals surface area contributed by atoms with Crippen LogP contribution in [0, 0.1) is 17.2 Å². The fraction of sp³-hybridized carbons (Fsp3) is 0.292. The van der Waals surface area contributed by atoms with Gasteiger partial charge in [-0.15, -0.1) is 11.3 Å². The van der Waals surface area contributed by atoms with Gasteiger partial charge in [-0.3, -0.25) is 9.59 Å². The molecule has 1 amide bonds. The number of nitriles is 1. The van der Waals surface area contributed by atoms with Crippen molar-refractivity contribution >= 4 is 44.0 Å². The van der Waals surface area contributed by atoms with E-state index in [2.05, 4.69) is 10.8 Å². The van der Waals surface area contributed by atoms with E-state index in [1.807, 2.05) is 6.07 Å². The minimum atomic E-state index is -4.16. The maximum atomic E-state index is 13.2. The van der Waals surface area contributed by atoms with Crippen LogP contribution in [0.5, 0.6) is 5.75 Å². The van der Waals surface area contributed by atoms with Crippen LogP contribution in [-0.2, 0) is 30.9 Å². The van der Waals surface area contributed by atoms with Gasteiger partial charge in [-0.25, -0.2) is 8.42 Å². The number of likely N-dealkylation sites (tertiary alicyclic amines) is 1. The van der Waals surface area contributed by atoms with Crippen LogP contribution in [0.15, 0.2) is 52.7 Å². The third-order valence-electron chi connectivity index (χ3n) is 5.95. The molecule has 0 saturated carbocycles. The first-order valence-electron chi connectivity index (χ1n) is 10.7. The molecule has 1 N–H and O–H groups in total. The second kappa shape index (κ2) is 10.0. The highest BCUT2D eigenvalue weighted by Crippen LogP contribution is 2.28. The SMILES string of the molecule is COC(=O)C(NS(=O)(=O)c1ccc2ccc(OC)cc2c1)[C@@H]1CCN(Cc2csc(C#N)c2)C1=O. The Labute approximate surface area is 206 Å². The maximum Gasteiger partial charge on any atom is 0.324 e. The first-order chi connectivity index (χ1) is 16.7. The number of thiophene rings is 1. The lowest BCUT2D eigenvalue weighted by molar-refractivity contribution is -0.147. The van der Waals surface area contributed by atoms with Crippen molar-refractivity contribution in [2.24, 2.45) is 5.92 Å². The summed E-state index contributed by atoms with van der Waals surface area (Å²) in [6.45, 7) is 0.632. The number of carbonyl (C=O) groups is 2. The molecule has 35 heavy (non-hydrogen) atoms. The molecular formula is C24H23N3O6S2. The Kier molecular flexibility index (Phi) is 7.07. The number of carbonyl (C=O) groups excluding carboxylic acids is 2. The van der Waals surface area contributed by atoms with Gasteiger partial charge >= 0.3 is 5.97 Å². The lowest BCUT2D eigenvalue weighted by Gasteiger charge is -2.22. The van der Waals surface area contributed by atoms with E-state index in [9.17, 15) is 18.0 Å². The van der Waals surface area contributed by atoms with E-state index in [0.717, 1.165) is 18.1 Å². The van der Waals surface area contributed by atoms with Gasteiger partial charge in [-0.1, -0.05) is 12.1 Å². The average Bonchev–Trinajstić information content (AvgIpc) is 3.47. The summed E-state index contributed by atoms with van der Waals surface area (Å²) in [4.78, 5) is 27.8. The van der Waals surface area contributed by atoms with Crippen LogP contribution in [0.4, 0.5) is 0 Å². The molecule has 3 aromatic rings. The van der Waals surface area contributed by atoms with Crippen LogP contribution < -0.4 is 9.46 Å². The largest absolute Gasteiger partial charge is 0.497 e. The molecule has 0 spiro atoms. The third kappa shape index (κ3) is 5.14. The predicted octanol–water partition coefficient (Wildman–Crippen LogP) is 2.65. The number of amides is 1. The molecule has 11 heteroatoms. The van der Waals surface area contributed by atoms with E-state index in [-0.39, 0.29) is 23.8 Å². The molecule has 1 aliphatic heterocycles. The Balaban J connectivity index is 1.57. The van der Waals surface area contributed by atoms with Crippen LogP contribution >= 0.6 is 11.3 Å². The van der Waals surface area contributed by atoms with Crippen molar-refractivity contribution in [3.05, 3.63) is 58.3 Å². The van der Waals surface area contributed by atoms with Gasteiger partial charge < -0.3 is 14.4 Å². The molecule has 1 unspecified atom stereocenters. The van der Waals surface area contributed by atoms with Crippen molar-refractivity contribution in [1.29, 1.82) is 5.26 Å². The quantitative estimate of drug-likeness (QED) is 0.459. The minimum absolute atomic E-state index is 0.0447. The number of sulfonamides is 1. The topological polar surface area (TPSA) is 126 Å². The summed E-state index contributed by atoms with van der Waals surface area (Å²) in [5, 5.41) is 12.3. The number of nitrogens with one attached hydrogen (secondary N) is 1. The van der Waals surface area contributed by atoms with Crippen LogP contribution in [0.2, 0.25) is 0 Å². The highest BCUT2D eigenvalue weighted by atomic mass is 32.2. The maximum absolute atomic E-state index is 13.2. The zero-order valence-corrected chi connectivity index (χ0v) is 20.7. The van der Waals surface area contributed by atoms with E-state index < -0.39 is 28.0 Å². The minimum Gasteiger partial charge on any atom is -0.497 e. The molecule has 0 bridgehead atoms. The Morgan fingerprint density at radius 2 is 2.00 bits per heavy atom. The van der Waals surface area contributed by atoms with Gasteiger partial charge in [0.15, 0.2) is 0 Å². The van der Waals surface area contributed by atoms with Crippen LogP contribution in [0.1, 0.15) is 16.9 Å². The average molecular weight is 514 g/mol. The van der Waals surface area contributed by atoms with E-state index >= 15 is 0 Å². The highest BCUT2D eigenvalue weighted by Gasteiger charge is 2.43. The van der Waals surface area contributed by atoms with Crippen molar-refractivity contribution in [1.82, 2.24) is 9.62 Å². The lowest BCUT2D eigenvalue weighted by atomic mass is 9.99. The summed E-state index contributed by atoms with van der Waals surface area (Å²) in [5.74, 6) is -1.52. The first kappa shape index (κ1) is 24.7. The fourth-order valence-corrected chi connectivity index (χ4v) is 6.07. The number of fused-ring (bicyclic) bond motifs is 1. The van der Waals surface area contributed by atoms with E-state index in [1.165, 1.54) is 30.6 Å². The standard InChI is InChI=1S/C24H23N3O6S2/c1-32-18-5-3-16-4-6-20(11-17(16)10-18)35(30,31)26-22(24(29)33-2)21-7-8-27(23(21)28)13-15-9-19(12-25)34-14-15/h3-6,9-11,14,21-22,26H,7-8,13H2,1-2H3/t21-,22?/m0/s1. The fourth-order valence-electron chi connectivity index (χ4n) is 4.12. The number of esters is 1. The molecule has 1 fully saturated rings. The predicted molar refractivity (Wildman–Crippen MR) is 129 cm³/mol. The summed E-state index contributed by atoms with van der Waals surface area (Å²) < 4.78 is 38.9. The van der Waals surface area contributed by atoms with Gasteiger partial charge in [0.2, 0.25) is 15.9 Å². The molecule has 1 aliphatic rings. The summed E-state index contributed by atoms with van der Waals surface area (Å²) in [6.07, 6.45) is 0.283. The van der Waals surface area contributed by atoms with E-state index in [1.54, 1.807) is 34.5 Å². The van der Waals surface area contributed by atoms with Gasteiger partial charge in [0.05, 0.1) is 25.0 Å². The van der Waals surface area contributed by atoms with Gasteiger partial charge in [0.1, 0.15) is 22.7 Å². The van der Waals surface area contributed by atoms with Crippen LogP contribution in [0.25, 0.3) is 10.8 Å². The monoisotopic (exact) mass is 513 g/mol. The Hall–Kier alpha value is -3.46. The van der Waals surface area contributed by atoms with Crippen molar-refractivity contribution in [2.45, 2.75) is 23.9 Å². The van der Waals surface area contributed by atoms with Gasteiger partial charge in [-0.05, 0) is 58.5 Å². The van der Waals surface area contributed by atoms with Gasteiger partial charge in [-0.2, -0.15) is 9.98 Å². The zero-order valence-electron chi connectivity index (χ0n) is 19.1. The molecule has 2 heterocycles. The number of nitrogens with zero attached hydrogens (tertiary/aromatic N) is 2. The molecule has 0 radical (unpaired) electrons. The van der Waals surface area contributed by atoms with Crippen molar-refractivity contribution < 1.29 is 27.5 Å². The first-order valence-corrected chi connectivity index (χ1v) is 13.1. The lowest BCUT2D eigenvalue weighted by Crippen LogP contribution is -2.48. The summed E-state index contributed by atoms with van der Waals surface area (Å²) in [5.41, 5.74) is 0.808. The smallest absolute Gasteiger partial charge is 0.324 e. The second-order valence-corrected chi connectivity index (χ2v) is 10.7. The molecular weight excluding hydrogens is 490 g/mol. The van der Waals surface area contributed by atoms with Crippen molar-refractivity contribution in [2.75, 3.05) is 20.8 Å². The van der Waals surface area contributed by atoms with Crippen LogP contribution in [0.3, 0.4) is 0 Å². The number of hydrogen-bond donors (Lipinski definition) is 1. The Bertz CT molecular complexity index is 1430. The molecule has 0 aliphatic carbocycles. The number of methoxy groups -OCH3 is 2. The molecule has 182 valence electrons. The van der Waals surface area contributed by atoms with Gasteiger partial charge in [0.25, 0.3) is 0 Å². The van der Waals surface area contributed by atoms with Crippen molar-refractivity contribution in [3.63, 3.8) is 0 Å². The molecule has 2 atom stereocenters. The number of ether oxygens (including phenoxy) is 2. The highest BCUT2D eigenvalue weighted by molar-refractivity contribution is 7.89. The van der Waals surface area contributed by atoms with E-state index in [4.69, 9.17) is 14.7 Å². The normalized spacial score (nSPS) is 16.8. The second-order valence-electron chi connectivity index (χ2n) is 8.08. The van der Waals surface area contributed by atoms with Crippen LogP contribution in [-0.4, -0.2) is 52.0 Å². The summed E-state index contributed by atoms with van der Waals surface area (Å²) in [7, 11) is -1.49. The van der Waals surface area contributed by atoms with Crippen molar-refractivity contribution in [3.8, 4) is 11.8 Å².